The molecule has 21 heavy (non-hydrogen) atoms. The molecule has 112 valence electrons. The van der Waals surface area contributed by atoms with Gasteiger partial charge in [0.15, 0.2) is 0 Å². The summed E-state index contributed by atoms with van der Waals surface area (Å²) < 4.78 is 13.6. The van der Waals surface area contributed by atoms with Crippen LogP contribution in [0.5, 0.6) is 0 Å². The van der Waals surface area contributed by atoms with Crippen LogP contribution >= 0.6 is 11.6 Å². The zero-order valence-electron chi connectivity index (χ0n) is 12.3. The number of nitrogens with one attached hydrogen (secondary N) is 1. The SMILES string of the molecule is CCCNc1ncnc(-c2cc(F)cc(Cl)c2)c1CCC. The van der Waals surface area contributed by atoms with Crippen molar-refractivity contribution in [3.8, 4) is 11.3 Å². The number of nitrogens with zero attached hydrogens (tertiary/aromatic N) is 2. The molecule has 0 radical (unpaired) electrons. The van der Waals surface area contributed by atoms with Gasteiger partial charge in [0.2, 0.25) is 0 Å². The molecule has 2 rings (SSSR count). The standard InChI is InChI=1S/C16H19ClFN3/c1-3-5-14-15(11-7-12(17)9-13(18)8-11)20-10-21-16(14)19-6-4-2/h7-10H,3-6H2,1-2H3,(H,19,20,21). The Bertz CT molecular complexity index is 596. The van der Waals surface area contributed by atoms with E-state index in [1.54, 1.807) is 6.07 Å². The van der Waals surface area contributed by atoms with Gasteiger partial charge in [-0.2, -0.15) is 0 Å². The van der Waals surface area contributed by atoms with E-state index in [4.69, 9.17) is 11.6 Å². The van der Waals surface area contributed by atoms with E-state index in [0.717, 1.165) is 42.9 Å². The first kappa shape index (κ1) is 15.7. The molecule has 1 heterocycles. The van der Waals surface area contributed by atoms with Gasteiger partial charge in [0.1, 0.15) is 18.0 Å². The molecular weight excluding hydrogens is 289 g/mol. The predicted octanol–water partition coefficient (Wildman–Crippen LogP) is 4.71. The molecule has 1 aromatic heterocycles. The lowest BCUT2D eigenvalue weighted by Crippen LogP contribution is -2.08. The number of aromatic nitrogens is 2. The summed E-state index contributed by atoms with van der Waals surface area (Å²) >= 11 is 5.95. The summed E-state index contributed by atoms with van der Waals surface area (Å²) in [6, 6.07) is 4.48. The zero-order valence-corrected chi connectivity index (χ0v) is 13.0. The minimum atomic E-state index is -0.360. The Labute approximate surface area is 129 Å². The third kappa shape index (κ3) is 3.91. The Morgan fingerprint density at radius 1 is 1.14 bits per heavy atom. The van der Waals surface area contributed by atoms with Crippen LogP contribution in [-0.4, -0.2) is 16.5 Å². The van der Waals surface area contributed by atoms with Gasteiger partial charge in [-0.05, 0) is 31.0 Å². The fraction of sp³-hybridized carbons (Fsp3) is 0.375. The van der Waals surface area contributed by atoms with Crippen LogP contribution in [0.15, 0.2) is 24.5 Å². The van der Waals surface area contributed by atoms with Crippen LogP contribution in [-0.2, 0) is 6.42 Å². The summed E-state index contributed by atoms with van der Waals surface area (Å²) in [7, 11) is 0. The highest BCUT2D eigenvalue weighted by Gasteiger charge is 2.13. The van der Waals surface area contributed by atoms with E-state index < -0.39 is 0 Å². The zero-order chi connectivity index (χ0) is 15.2. The first-order valence-corrected chi connectivity index (χ1v) is 7.57. The Hall–Kier alpha value is -1.68. The third-order valence-electron chi connectivity index (χ3n) is 3.12. The molecule has 2 aromatic rings. The molecule has 0 aliphatic carbocycles. The molecule has 1 N–H and O–H groups in total. The number of benzene rings is 1. The van der Waals surface area contributed by atoms with E-state index in [9.17, 15) is 4.39 Å². The molecule has 1 aromatic carbocycles. The minimum absolute atomic E-state index is 0.360. The summed E-state index contributed by atoms with van der Waals surface area (Å²) in [5, 5.41) is 3.68. The second-order valence-electron chi connectivity index (χ2n) is 4.88. The topological polar surface area (TPSA) is 37.8 Å². The van der Waals surface area contributed by atoms with Crippen LogP contribution in [0, 0.1) is 5.82 Å². The molecule has 0 spiro atoms. The molecule has 0 unspecified atom stereocenters. The molecule has 0 bridgehead atoms. The molecule has 0 fully saturated rings. The number of anilines is 1. The van der Waals surface area contributed by atoms with Gasteiger partial charge in [0, 0.05) is 22.7 Å². The van der Waals surface area contributed by atoms with Gasteiger partial charge in [-0.25, -0.2) is 14.4 Å². The van der Waals surface area contributed by atoms with Crippen molar-refractivity contribution < 1.29 is 4.39 Å². The Morgan fingerprint density at radius 3 is 2.62 bits per heavy atom. The maximum absolute atomic E-state index is 13.6. The van der Waals surface area contributed by atoms with Crippen molar-refractivity contribution in [2.24, 2.45) is 0 Å². The minimum Gasteiger partial charge on any atom is -0.370 e. The lowest BCUT2D eigenvalue weighted by atomic mass is 10.0. The van der Waals surface area contributed by atoms with Crippen LogP contribution in [0.4, 0.5) is 10.2 Å². The predicted molar refractivity (Wildman–Crippen MR) is 85.2 cm³/mol. The van der Waals surface area contributed by atoms with Gasteiger partial charge >= 0.3 is 0 Å². The van der Waals surface area contributed by atoms with E-state index in [2.05, 4.69) is 29.1 Å². The molecule has 5 heteroatoms. The Balaban J connectivity index is 2.50. The van der Waals surface area contributed by atoms with Crippen LogP contribution in [0.3, 0.4) is 0 Å². The first-order valence-electron chi connectivity index (χ1n) is 7.19. The van der Waals surface area contributed by atoms with Crippen LogP contribution in [0.2, 0.25) is 5.02 Å². The summed E-state index contributed by atoms with van der Waals surface area (Å²) in [4.78, 5) is 8.66. The Kier molecular flexibility index (Phi) is 5.51. The van der Waals surface area contributed by atoms with Crippen LogP contribution < -0.4 is 5.32 Å². The fourth-order valence-electron chi connectivity index (χ4n) is 2.23. The van der Waals surface area contributed by atoms with Gasteiger partial charge in [0.05, 0.1) is 5.69 Å². The third-order valence-corrected chi connectivity index (χ3v) is 3.34. The van der Waals surface area contributed by atoms with Crippen molar-refractivity contribution >= 4 is 17.4 Å². The number of rotatable bonds is 6. The highest BCUT2D eigenvalue weighted by Crippen LogP contribution is 2.29. The number of hydrogen-bond acceptors (Lipinski definition) is 3. The first-order chi connectivity index (χ1) is 10.2. The summed E-state index contributed by atoms with van der Waals surface area (Å²) in [5.41, 5.74) is 2.44. The number of hydrogen-bond donors (Lipinski definition) is 1. The van der Waals surface area contributed by atoms with Crippen molar-refractivity contribution in [1.29, 1.82) is 0 Å². The normalized spacial score (nSPS) is 10.7. The van der Waals surface area contributed by atoms with Gasteiger partial charge in [-0.3, -0.25) is 0 Å². The molecular formula is C16H19ClFN3. The molecule has 0 saturated carbocycles. The highest BCUT2D eigenvalue weighted by molar-refractivity contribution is 6.30. The molecule has 0 aliphatic rings. The molecule has 0 amide bonds. The van der Waals surface area contributed by atoms with E-state index in [0.29, 0.717) is 10.6 Å². The van der Waals surface area contributed by atoms with Crippen molar-refractivity contribution in [1.82, 2.24) is 9.97 Å². The van der Waals surface area contributed by atoms with Gasteiger partial charge in [0.25, 0.3) is 0 Å². The van der Waals surface area contributed by atoms with Gasteiger partial charge < -0.3 is 5.32 Å². The smallest absolute Gasteiger partial charge is 0.133 e. The number of halogens is 2. The van der Waals surface area contributed by atoms with Crippen molar-refractivity contribution in [3.63, 3.8) is 0 Å². The second kappa shape index (κ2) is 7.36. The molecule has 0 saturated heterocycles. The lowest BCUT2D eigenvalue weighted by molar-refractivity contribution is 0.628. The van der Waals surface area contributed by atoms with Crippen molar-refractivity contribution in [2.75, 3.05) is 11.9 Å². The van der Waals surface area contributed by atoms with Crippen molar-refractivity contribution in [2.45, 2.75) is 33.1 Å². The largest absolute Gasteiger partial charge is 0.370 e. The molecule has 0 aliphatic heterocycles. The average molecular weight is 308 g/mol. The molecule has 3 nitrogen and oxygen atoms in total. The molecule has 0 atom stereocenters. The fourth-order valence-corrected chi connectivity index (χ4v) is 2.46. The Morgan fingerprint density at radius 2 is 1.95 bits per heavy atom. The van der Waals surface area contributed by atoms with Crippen LogP contribution in [0.1, 0.15) is 32.3 Å². The average Bonchev–Trinajstić information content (AvgIpc) is 2.45. The van der Waals surface area contributed by atoms with E-state index in [-0.39, 0.29) is 5.82 Å². The maximum Gasteiger partial charge on any atom is 0.133 e. The van der Waals surface area contributed by atoms with E-state index in [1.807, 2.05) is 0 Å². The van der Waals surface area contributed by atoms with E-state index in [1.165, 1.54) is 18.5 Å². The second-order valence-corrected chi connectivity index (χ2v) is 5.32. The lowest BCUT2D eigenvalue weighted by Gasteiger charge is -2.14. The maximum atomic E-state index is 13.6. The van der Waals surface area contributed by atoms with E-state index >= 15 is 0 Å². The monoisotopic (exact) mass is 307 g/mol. The summed E-state index contributed by atoms with van der Waals surface area (Å²) in [5.74, 6) is 0.464. The highest BCUT2D eigenvalue weighted by atomic mass is 35.5. The van der Waals surface area contributed by atoms with Crippen LogP contribution in [0.25, 0.3) is 11.3 Å². The summed E-state index contributed by atoms with van der Waals surface area (Å²) in [6.45, 7) is 5.04. The van der Waals surface area contributed by atoms with Gasteiger partial charge in [-0.15, -0.1) is 0 Å². The van der Waals surface area contributed by atoms with Gasteiger partial charge in [-0.1, -0.05) is 31.9 Å². The van der Waals surface area contributed by atoms with Crippen molar-refractivity contribution in [3.05, 3.63) is 40.9 Å². The quantitative estimate of drug-likeness (QED) is 0.839. The summed E-state index contributed by atoms with van der Waals surface area (Å²) in [6.07, 6.45) is 4.31.